The number of para-hydroxylation sites is 1. The van der Waals surface area contributed by atoms with Crippen molar-refractivity contribution in [2.45, 2.75) is 30.8 Å². The summed E-state index contributed by atoms with van der Waals surface area (Å²) < 4.78 is 28.9. The van der Waals surface area contributed by atoms with Crippen molar-refractivity contribution in [3.63, 3.8) is 0 Å². The average molecular weight is 497 g/mol. The molecule has 0 atom stereocenters. The SMILES string of the molecule is CCOc1ccccc1-c1noc(CSc2nc3cc4c(cc3c(=O)n2CCCOC)OCO4)n1. The highest BCUT2D eigenvalue weighted by atomic mass is 32.2. The number of hydrogen-bond donors (Lipinski definition) is 0. The van der Waals surface area contributed by atoms with Crippen molar-refractivity contribution in [1.29, 1.82) is 0 Å². The third-order valence-corrected chi connectivity index (χ3v) is 6.33. The lowest BCUT2D eigenvalue weighted by Crippen LogP contribution is -2.24. The summed E-state index contributed by atoms with van der Waals surface area (Å²) in [6.07, 6.45) is 0.667. The summed E-state index contributed by atoms with van der Waals surface area (Å²) in [7, 11) is 1.63. The van der Waals surface area contributed by atoms with Gasteiger partial charge in [-0.15, -0.1) is 0 Å². The Labute approximate surface area is 205 Å². The molecule has 0 amide bonds. The number of fused-ring (bicyclic) bond motifs is 2. The normalized spacial score (nSPS) is 12.4. The van der Waals surface area contributed by atoms with E-state index in [1.165, 1.54) is 11.8 Å². The van der Waals surface area contributed by atoms with Crippen LogP contribution in [-0.4, -0.2) is 46.8 Å². The van der Waals surface area contributed by atoms with Gasteiger partial charge >= 0.3 is 0 Å². The van der Waals surface area contributed by atoms with Gasteiger partial charge in [-0.3, -0.25) is 9.36 Å². The summed E-state index contributed by atoms with van der Waals surface area (Å²) >= 11 is 1.35. The second-order valence-electron chi connectivity index (χ2n) is 7.65. The molecule has 35 heavy (non-hydrogen) atoms. The Kier molecular flexibility index (Phi) is 6.87. The fourth-order valence-electron chi connectivity index (χ4n) is 3.75. The molecule has 0 saturated carbocycles. The number of methoxy groups -OCH3 is 1. The molecule has 0 N–H and O–H groups in total. The third kappa shape index (κ3) is 4.82. The summed E-state index contributed by atoms with van der Waals surface area (Å²) in [6.45, 7) is 3.57. The van der Waals surface area contributed by atoms with E-state index in [2.05, 4.69) is 10.1 Å². The van der Waals surface area contributed by atoms with Crippen molar-refractivity contribution in [2.24, 2.45) is 0 Å². The number of hydrogen-bond acceptors (Lipinski definition) is 10. The van der Waals surface area contributed by atoms with Crippen molar-refractivity contribution in [1.82, 2.24) is 19.7 Å². The molecule has 0 unspecified atom stereocenters. The Morgan fingerprint density at radius 2 is 1.97 bits per heavy atom. The number of nitrogens with zero attached hydrogens (tertiary/aromatic N) is 4. The van der Waals surface area contributed by atoms with E-state index in [0.29, 0.717) is 77.0 Å². The monoisotopic (exact) mass is 496 g/mol. The third-order valence-electron chi connectivity index (χ3n) is 5.36. The quantitative estimate of drug-likeness (QED) is 0.182. The van der Waals surface area contributed by atoms with Crippen molar-refractivity contribution in [3.05, 3.63) is 52.6 Å². The molecule has 0 bridgehead atoms. The van der Waals surface area contributed by atoms with Crippen LogP contribution in [0.25, 0.3) is 22.3 Å². The van der Waals surface area contributed by atoms with Crippen LogP contribution in [0, 0.1) is 0 Å². The fourth-order valence-corrected chi connectivity index (χ4v) is 4.61. The Morgan fingerprint density at radius 3 is 2.80 bits per heavy atom. The molecule has 1 aliphatic rings. The van der Waals surface area contributed by atoms with Gasteiger partial charge in [-0.05, 0) is 31.5 Å². The first kappa shape index (κ1) is 23.2. The van der Waals surface area contributed by atoms with Gasteiger partial charge in [0.25, 0.3) is 5.56 Å². The maximum absolute atomic E-state index is 13.3. The molecule has 0 radical (unpaired) electrons. The Hall–Kier alpha value is -3.57. The van der Waals surface area contributed by atoms with Gasteiger partial charge in [0.1, 0.15) is 5.75 Å². The average Bonchev–Trinajstić information content (AvgIpc) is 3.53. The van der Waals surface area contributed by atoms with Gasteiger partial charge < -0.3 is 23.5 Å². The van der Waals surface area contributed by atoms with Crippen LogP contribution in [0.5, 0.6) is 17.2 Å². The van der Waals surface area contributed by atoms with Crippen LogP contribution in [0.4, 0.5) is 0 Å². The summed E-state index contributed by atoms with van der Waals surface area (Å²) in [5.74, 6) is 3.02. The first-order valence-corrected chi connectivity index (χ1v) is 12.2. The molecule has 182 valence electrons. The molecule has 2 aromatic heterocycles. The van der Waals surface area contributed by atoms with Gasteiger partial charge in [-0.1, -0.05) is 29.1 Å². The van der Waals surface area contributed by atoms with Gasteiger partial charge in [-0.25, -0.2) is 4.98 Å². The number of thioether (sulfide) groups is 1. The highest BCUT2D eigenvalue weighted by molar-refractivity contribution is 7.98. The maximum atomic E-state index is 13.3. The zero-order chi connectivity index (χ0) is 24.2. The minimum absolute atomic E-state index is 0.126. The van der Waals surface area contributed by atoms with E-state index in [0.717, 1.165) is 5.56 Å². The van der Waals surface area contributed by atoms with E-state index in [1.807, 2.05) is 31.2 Å². The van der Waals surface area contributed by atoms with Crippen LogP contribution >= 0.6 is 11.8 Å². The second kappa shape index (κ2) is 10.4. The van der Waals surface area contributed by atoms with Crippen molar-refractivity contribution >= 4 is 22.7 Å². The van der Waals surface area contributed by atoms with Crippen molar-refractivity contribution < 1.29 is 23.5 Å². The van der Waals surface area contributed by atoms with Crippen molar-refractivity contribution in [2.75, 3.05) is 27.1 Å². The van der Waals surface area contributed by atoms with Crippen LogP contribution in [-0.2, 0) is 17.0 Å². The molecule has 11 heteroatoms. The number of rotatable bonds is 10. The molecule has 10 nitrogen and oxygen atoms in total. The molecule has 1 aliphatic heterocycles. The molecule has 0 aliphatic carbocycles. The molecular formula is C24H24N4O6S. The molecule has 3 heterocycles. The smallest absolute Gasteiger partial charge is 0.262 e. The Bertz CT molecular complexity index is 1400. The molecule has 5 rings (SSSR count). The predicted molar refractivity (Wildman–Crippen MR) is 129 cm³/mol. The van der Waals surface area contributed by atoms with Gasteiger partial charge in [0.05, 0.1) is 28.8 Å². The maximum Gasteiger partial charge on any atom is 0.262 e. The lowest BCUT2D eigenvalue weighted by Gasteiger charge is -2.12. The van der Waals surface area contributed by atoms with Gasteiger partial charge in [0.15, 0.2) is 16.7 Å². The lowest BCUT2D eigenvalue weighted by atomic mass is 10.2. The Balaban J connectivity index is 1.43. The molecule has 0 spiro atoms. The van der Waals surface area contributed by atoms with E-state index in [4.69, 9.17) is 28.5 Å². The second-order valence-corrected chi connectivity index (χ2v) is 8.59. The molecule has 0 fully saturated rings. The van der Waals surface area contributed by atoms with E-state index in [-0.39, 0.29) is 12.4 Å². The van der Waals surface area contributed by atoms with Crippen LogP contribution in [0.15, 0.2) is 50.9 Å². The first-order chi connectivity index (χ1) is 17.2. The van der Waals surface area contributed by atoms with Gasteiger partial charge in [0.2, 0.25) is 18.5 Å². The fraction of sp³-hybridized carbons (Fsp3) is 0.333. The number of ether oxygens (including phenoxy) is 4. The zero-order valence-electron chi connectivity index (χ0n) is 19.4. The molecular weight excluding hydrogens is 472 g/mol. The molecule has 2 aromatic carbocycles. The predicted octanol–water partition coefficient (Wildman–Crippen LogP) is 3.90. The first-order valence-electron chi connectivity index (χ1n) is 11.2. The van der Waals surface area contributed by atoms with E-state index in [9.17, 15) is 4.79 Å². The van der Waals surface area contributed by atoms with Crippen molar-refractivity contribution in [3.8, 4) is 28.6 Å². The number of benzene rings is 2. The molecule has 4 aromatic rings. The summed E-state index contributed by atoms with van der Waals surface area (Å²) in [6, 6.07) is 11.0. The minimum atomic E-state index is -0.149. The standard InChI is InChI=1S/C24H24N4O6S/c1-3-31-18-8-5-4-7-15(18)22-26-21(34-27-22)13-35-24-25-17-12-20-19(32-14-33-20)11-16(17)23(29)28(24)9-6-10-30-2/h4-5,7-8,11-12H,3,6,9-10,13-14H2,1-2H3. The van der Waals surface area contributed by atoms with Gasteiger partial charge in [0, 0.05) is 26.3 Å². The number of aromatic nitrogens is 4. The largest absolute Gasteiger partial charge is 0.493 e. The van der Waals surface area contributed by atoms with Crippen LogP contribution in [0.1, 0.15) is 19.2 Å². The zero-order valence-corrected chi connectivity index (χ0v) is 20.2. The lowest BCUT2D eigenvalue weighted by molar-refractivity contribution is 0.174. The van der Waals surface area contributed by atoms with Gasteiger partial charge in [-0.2, -0.15) is 4.98 Å². The summed E-state index contributed by atoms with van der Waals surface area (Å²) in [5, 5.41) is 5.14. The topological polar surface area (TPSA) is 111 Å². The highest BCUT2D eigenvalue weighted by Crippen LogP contribution is 2.35. The van der Waals surface area contributed by atoms with Crippen LogP contribution < -0.4 is 19.8 Å². The minimum Gasteiger partial charge on any atom is -0.493 e. The molecule has 0 saturated heterocycles. The van der Waals surface area contributed by atoms with E-state index >= 15 is 0 Å². The van der Waals surface area contributed by atoms with Crippen LogP contribution in [0.2, 0.25) is 0 Å². The highest BCUT2D eigenvalue weighted by Gasteiger charge is 2.20. The van der Waals surface area contributed by atoms with Crippen LogP contribution in [0.3, 0.4) is 0 Å². The van der Waals surface area contributed by atoms with E-state index in [1.54, 1.807) is 23.8 Å². The summed E-state index contributed by atoms with van der Waals surface area (Å²) in [4.78, 5) is 22.6. The Morgan fingerprint density at radius 1 is 1.14 bits per heavy atom. The summed E-state index contributed by atoms with van der Waals surface area (Å²) in [5.41, 5.74) is 1.15. The van der Waals surface area contributed by atoms with E-state index < -0.39 is 0 Å².